The maximum absolute atomic E-state index is 10.7. The van der Waals surface area contributed by atoms with E-state index in [0.29, 0.717) is 24.3 Å². The van der Waals surface area contributed by atoms with Crippen LogP contribution in [-0.2, 0) is 6.42 Å². The van der Waals surface area contributed by atoms with Crippen molar-refractivity contribution < 1.29 is 19.4 Å². The van der Waals surface area contributed by atoms with Crippen molar-refractivity contribution >= 4 is 22.0 Å². The van der Waals surface area contributed by atoms with Crippen LogP contribution in [0.2, 0.25) is 0 Å². The van der Waals surface area contributed by atoms with Crippen molar-refractivity contribution in [1.29, 1.82) is 0 Å². The lowest BCUT2D eigenvalue weighted by atomic mass is 10.0. The Hall–Kier alpha value is -1.43. The van der Waals surface area contributed by atoms with Gasteiger partial charge < -0.3 is 19.9 Å². The number of nitrogens with one attached hydrogen (secondary N) is 1. The van der Waals surface area contributed by atoms with E-state index in [2.05, 4.69) is 21.2 Å². The van der Waals surface area contributed by atoms with Crippen LogP contribution >= 0.6 is 15.9 Å². The molecule has 0 saturated heterocycles. The van der Waals surface area contributed by atoms with Crippen molar-refractivity contribution in [1.82, 2.24) is 5.32 Å². The maximum atomic E-state index is 10.7. The fourth-order valence-corrected chi connectivity index (χ4v) is 2.30. The molecular weight excluding hydrogens is 314 g/mol. The highest BCUT2D eigenvalue weighted by Gasteiger charge is 2.15. The normalized spacial score (nSPS) is 11.8. The van der Waals surface area contributed by atoms with Gasteiger partial charge in [0.15, 0.2) is 0 Å². The number of hydrogen-bond acceptors (Lipinski definition) is 3. The molecule has 1 aromatic rings. The van der Waals surface area contributed by atoms with E-state index >= 15 is 0 Å². The first-order valence-corrected chi connectivity index (χ1v) is 6.70. The molecule has 0 fully saturated rings. The number of halogens is 1. The van der Waals surface area contributed by atoms with Crippen molar-refractivity contribution in [2.45, 2.75) is 25.8 Å². The first kappa shape index (κ1) is 15.6. The lowest BCUT2D eigenvalue weighted by Crippen LogP contribution is -2.34. The summed E-state index contributed by atoms with van der Waals surface area (Å²) < 4.78 is 11.4. The average Bonchev–Trinajstić information content (AvgIpc) is 2.38. The van der Waals surface area contributed by atoms with Gasteiger partial charge in [-0.3, -0.25) is 0 Å². The minimum Gasteiger partial charge on any atom is -0.496 e. The molecular formula is C13H18BrNO4. The quantitative estimate of drug-likeness (QED) is 0.840. The predicted molar refractivity (Wildman–Crippen MR) is 76.2 cm³/mol. The zero-order valence-corrected chi connectivity index (χ0v) is 12.8. The number of hydrogen-bond donors (Lipinski definition) is 2. The minimum absolute atomic E-state index is 0.155. The first-order valence-electron chi connectivity index (χ1n) is 5.91. The summed E-state index contributed by atoms with van der Waals surface area (Å²) in [5, 5.41) is 11.3. The molecule has 5 nitrogen and oxygen atoms in total. The smallest absolute Gasteiger partial charge is 0.404 e. The monoisotopic (exact) mass is 331 g/mol. The Bertz CT molecular complexity index is 451. The van der Waals surface area contributed by atoms with Gasteiger partial charge in [0.2, 0.25) is 0 Å². The van der Waals surface area contributed by atoms with Crippen molar-refractivity contribution in [2.24, 2.45) is 0 Å². The molecule has 0 spiro atoms. The van der Waals surface area contributed by atoms with E-state index in [4.69, 9.17) is 14.6 Å². The van der Waals surface area contributed by atoms with E-state index in [9.17, 15) is 4.79 Å². The van der Waals surface area contributed by atoms with E-state index in [0.717, 1.165) is 10.0 Å². The Labute approximate surface area is 121 Å². The van der Waals surface area contributed by atoms with Gasteiger partial charge in [-0.15, -0.1) is 0 Å². The summed E-state index contributed by atoms with van der Waals surface area (Å²) >= 11 is 3.39. The number of benzene rings is 1. The molecule has 0 aliphatic heterocycles. The average molecular weight is 332 g/mol. The van der Waals surface area contributed by atoms with Crippen molar-refractivity contribution in [3.8, 4) is 11.5 Å². The fraction of sp³-hybridized carbons (Fsp3) is 0.462. The second-order valence-corrected chi connectivity index (χ2v) is 4.91. The third-order valence-corrected chi connectivity index (χ3v) is 3.46. The van der Waals surface area contributed by atoms with Crippen LogP contribution in [-0.4, -0.2) is 31.5 Å². The van der Waals surface area contributed by atoms with E-state index in [1.54, 1.807) is 14.2 Å². The van der Waals surface area contributed by atoms with Gasteiger partial charge in [0.25, 0.3) is 0 Å². The maximum Gasteiger partial charge on any atom is 0.404 e. The largest absolute Gasteiger partial charge is 0.496 e. The van der Waals surface area contributed by atoms with Crippen LogP contribution in [0.15, 0.2) is 16.6 Å². The highest BCUT2D eigenvalue weighted by Crippen LogP contribution is 2.33. The molecule has 2 N–H and O–H groups in total. The standard InChI is InChI=1S/C13H18BrNO4/c1-4-9(15-13(16)17)5-8-6-12(19-3)10(14)7-11(8)18-2/h6-7,9,15H,4-5H2,1-3H3,(H,16,17). The third-order valence-electron chi connectivity index (χ3n) is 2.84. The number of rotatable bonds is 6. The second kappa shape index (κ2) is 7.23. The summed E-state index contributed by atoms with van der Waals surface area (Å²) in [6.45, 7) is 1.93. The molecule has 0 aliphatic carbocycles. The molecule has 106 valence electrons. The third kappa shape index (κ3) is 4.31. The van der Waals surface area contributed by atoms with Gasteiger partial charge in [-0.1, -0.05) is 6.92 Å². The van der Waals surface area contributed by atoms with Crippen LogP contribution < -0.4 is 14.8 Å². The summed E-state index contributed by atoms with van der Waals surface area (Å²) in [6, 6.07) is 3.52. The lowest BCUT2D eigenvalue weighted by Gasteiger charge is -2.18. The van der Waals surface area contributed by atoms with Crippen molar-refractivity contribution in [2.75, 3.05) is 14.2 Å². The highest BCUT2D eigenvalue weighted by molar-refractivity contribution is 9.10. The molecule has 1 unspecified atom stereocenters. The number of carboxylic acid groups (broad SMARTS) is 1. The van der Waals surface area contributed by atoms with Crippen LogP contribution in [0.5, 0.6) is 11.5 Å². The van der Waals surface area contributed by atoms with Gasteiger partial charge in [-0.25, -0.2) is 4.79 Å². The molecule has 0 aliphatic rings. The second-order valence-electron chi connectivity index (χ2n) is 4.06. The molecule has 0 heterocycles. The number of ether oxygens (including phenoxy) is 2. The number of methoxy groups -OCH3 is 2. The summed E-state index contributed by atoms with van der Waals surface area (Å²) in [7, 11) is 3.17. The zero-order valence-electron chi connectivity index (χ0n) is 11.2. The Kier molecular flexibility index (Phi) is 5.95. The van der Waals surface area contributed by atoms with E-state index in [-0.39, 0.29) is 6.04 Å². The SMILES string of the molecule is CCC(Cc1cc(OC)c(Br)cc1OC)NC(=O)O. The van der Waals surface area contributed by atoms with Crippen LogP contribution in [0.3, 0.4) is 0 Å². The zero-order chi connectivity index (χ0) is 14.4. The summed E-state index contributed by atoms with van der Waals surface area (Å²) in [6.07, 6.45) is 0.235. The summed E-state index contributed by atoms with van der Waals surface area (Å²) in [5.41, 5.74) is 0.906. The Morgan fingerprint density at radius 3 is 2.47 bits per heavy atom. The summed E-state index contributed by atoms with van der Waals surface area (Å²) in [5.74, 6) is 1.40. The molecule has 0 saturated carbocycles. The topological polar surface area (TPSA) is 67.8 Å². The van der Waals surface area contributed by atoms with Gasteiger partial charge in [0.05, 0.1) is 18.7 Å². The van der Waals surface area contributed by atoms with Crippen LogP contribution in [0.4, 0.5) is 4.79 Å². The minimum atomic E-state index is -1.02. The predicted octanol–water partition coefficient (Wildman–Crippen LogP) is 3.06. The van der Waals surface area contributed by atoms with Crippen LogP contribution in [0.25, 0.3) is 0 Å². The molecule has 0 radical (unpaired) electrons. The number of carbonyl (C=O) groups is 1. The molecule has 1 amide bonds. The molecule has 1 rings (SSSR count). The number of amides is 1. The molecule has 6 heteroatoms. The lowest BCUT2D eigenvalue weighted by molar-refractivity contribution is 0.189. The Morgan fingerprint density at radius 2 is 2.00 bits per heavy atom. The van der Waals surface area contributed by atoms with Crippen molar-refractivity contribution in [3.05, 3.63) is 22.2 Å². The van der Waals surface area contributed by atoms with Crippen molar-refractivity contribution in [3.63, 3.8) is 0 Å². The highest BCUT2D eigenvalue weighted by atomic mass is 79.9. The molecule has 19 heavy (non-hydrogen) atoms. The molecule has 0 bridgehead atoms. The van der Waals surface area contributed by atoms with Gasteiger partial charge >= 0.3 is 6.09 Å². The van der Waals surface area contributed by atoms with E-state index in [1.165, 1.54) is 0 Å². The van der Waals surface area contributed by atoms with Crippen LogP contribution in [0, 0.1) is 0 Å². The van der Waals surface area contributed by atoms with E-state index < -0.39 is 6.09 Å². The molecule has 0 aromatic heterocycles. The first-order chi connectivity index (χ1) is 9.01. The van der Waals surface area contributed by atoms with Gasteiger partial charge in [0.1, 0.15) is 11.5 Å². The van der Waals surface area contributed by atoms with Crippen LogP contribution in [0.1, 0.15) is 18.9 Å². The molecule has 1 atom stereocenters. The Balaban J connectivity index is 3.00. The van der Waals surface area contributed by atoms with Gasteiger partial charge in [0, 0.05) is 6.04 Å². The fourth-order valence-electron chi connectivity index (χ4n) is 1.82. The van der Waals surface area contributed by atoms with Gasteiger partial charge in [-0.05, 0) is 46.5 Å². The summed E-state index contributed by atoms with van der Waals surface area (Å²) in [4.78, 5) is 10.7. The van der Waals surface area contributed by atoms with E-state index in [1.807, 2.05) is 19.1 Å². The van der Waals surface area contributed by atoms with Gasteiger partial charge in [-0.2, -0.15) is 0 Å². The Morgan fingerprint density at radius 1 is 1.37 bits per heavy atom. The molecule has 1 aromatic carbocycles.